The number of methoxy groups -OCH3 is 1. The van der Waals surface area contributed by atoms with Gasteiger partial charge in [-0.2, -0.15) is 0 Å². The van der Waals surface area contributed by atoms with Gasteiger partial charge in [-0.25, -0.2) is 0 Å². The molecule has 3 rings (SSSR count). The van der Waals surface area contributed by atoms with Gasteiger partial charge in [0.25, 0.3) is 0 Å². The first-order valence-corrected chi connectivity index (χ1v) is 10.5. The fraction of sp³-hybridized carbons (Fsp3) is 0.591. The van der Waals surface area contributed by atoms with Gasteiger partial charge in [0.2, 0.25) is 0 Å². The quantitative estimate of drug-likeness (QED) is 0.228. The predicted molar refractivity (Wildman–Crippen MR) is 130 cm³/mol. The molecule has 0 saturated carbocycles. The van der Waals surface area contributed by atoms with Crippen LogP contribution in [0.3, 0.4) is 0 Å². The lowest BCUT2D eigenvalue weighted by atomic mass is 10.1. The standard InChI is InChI=1S/C22H34N4O2.HI/c1-3-23-22(26-13-9-19(17-26)18-28-16-15-27-2)24-11-6-12-25-14-10-20-7-4-5-8-21(20)25;/h4-5,7-8,10,14,19H,3,6,9,11-13,15-18H2,1-2H3,(H,23,24);1H. The van der Waals surface area contributed by atoms with Crippen molar-refractivity contribution in [3.8, 4) is 0 Å². The number of nitrogens with zero attached hydrogens (tertiary/aromatic N) is 3. The summed E-state index contributed by atoms with van der Waals surface area (Å²) in [4.78, 5) is 7.25. The van der Waals surface area contributed by atoms with Crippen LogP contribution in [0.25, 0.3) is 10.9 Å². The smallest absolute Gasteiger partial charge is 0.193 e. The Morgan fingerprint density at radius 2 is 2.10 bits per heavy atom. The Balaban J connectivity index is 0.00000300. The average molecular weight is 514 g/mol. The van der Waals surface area contributed by atoms with Crippen molar-refractivity contribution >= 4 is 40.8 Å². The molecule has 0 spiro atoms. The molecule has 1 fully saturated rings. The molecule has 0 radical (unpaired) electrons. The van der Waals surface area contributed by atoms with E-state index in [1.54, 1.807) is 7.11 Å². The van der Waals surface area contributed by atoms with Gasteiger partial charge in [-0.3, -0.25) is 4.99 Å². The van der Waals surface area contributed by atoms with Crippen molar-refractivity contribution < 1.29 is 9.47 Å². The number of guanidine groups is 1. The van der Waals surface area contributed by atoms with Gasteiger partial charge >= 0.3 is 0 Å². The summed E-state index contributed by atoms with van der Waals surface area (Å²) in [6.45, 7) is 9.06. The molecule has 1 saturated heterocycles. The lowest BCUT2D eigenvalue weighted by Crippen LogP contribution is -2.40. The molecule has 2 heterocycles. The van der Waals surface area contributed by atoms with E-state index in [4.69, 9.17) is 14.5 Å². The molecule has 0 amide bonds. The SMILES string of the molecule is CCNC(=NCCCn1ccc2ccccc21)N1CCC(COCCOC)C1.I. The Morgan fingerprint density at radius 1 is 1.24 bits per heavy atom. The van der Waals surface area contributed by atoms with E-state index >= 15 is 0 Å². The molecule has 2 aromatic rings. The van der Waals surface area contributed by atoms with Gasteiger partial charge in [0.1, 0.15) is 0 Å². The second-order valence-corrected chi connectivity index (χ2v) is 7.33. The van der Waals surface area contributed by atoms with Crippen LogP contribution >= 0.6 is 24.0 Å². The van der Waals surface area contributed by atoms with Crippen molar-refractivity contribution in [2.75, 3.05) is 53.1 Å². The number of hydrogen-bond acceptors (Lipinski definition) is 3. The number of benzene rings is 1. The second-order valence-electron chi connectivity index (χ2n) is 7.33. The van der Waals surface area contributed by atoms with Gasteiger partial charge in [-0.15, -0.1) is 24.0 Å². The van der Waals surface area contributed by atoms with E-state index in [0.717, 1.165) is 58.1 Å². The first-order chi connectivity index (χ1) is 13.8. The minimum absolute atomic E-state index is 0. The highest BCUT2D eigenvalue weighted by molar-refractivity contribution is 14.0. The number of likely N-dealkylation sites (tertiary alicyclic amines) is 1. The number of para-hydroxylation sites is 1. The van der Waals surface area contributed by atoms with Gasteiger partial charge in [-0.1, -0.05) is 18.2 Å². The Hall–Kier alpha value is -1.32. The summed E-state index contributed by atoms with van der Waals surface area (Å²) in [5, 5.41) is 4.75. The second kappa shape index (κ2) is 13.1. The zero-order valence-electron chi connectivity index (χ0n) is 17.7. The maximum Gasteiger partial charge on any atom is 0.193 e. The predicted octanol–water partition coefficient (Wildman–Crippen LogP) is 3.60. The Morgan fingerprint density at radius 3 is 2.93 bits per heavy atom. The number of aromatic nitrogens is 1. The Labute approximate surface area is 191 Å². The van der Waals surface area contributed by atoms with Crippen molar-refractivity contribution in [2.24, 2.45) is 10.9 Å². The maximum absolute atomic E-state index is 5.71. The van der Waals surface area contributed by atoms with E-state index in [9.17, 15) is 0 Å². The van der Waals surface area contributed by atoms with Crippen molar-refractivity contribution in [1.82, 2.24) is 14.8 Å². The van der Waals surface area contributed by atoms with E-state index in [-0.39, 0.29) is 24.0 Å². The van der Waals surface area contributed by atoms with Crippen LogP contribution in [-0.2, 0) is 16.0 Å². The number of aryl methyl sites for hydroxylation is 1. The summed E-state index contributed by atoms with van der Waals surface area (Å²) >= 11 is 0. The third kappa shape index (κ3) is 7.15. The first kappa shape index (κ1) is 24.0. The molecule has 1 N–H and O–H groups in total. The molecular weight excluding hydrogens is 479 g/mol. The van der Waals surface area contributed by atoms with Gasteiger partial charge in [0, 0.05) is 57.5 Å². The van der Waals surface area contributed by atoms with E-state index in [0.29, 0.717) is 19.1 Å². The molecule has 29 heavy (non-hydrogen) atoms. The van der Waals surface area contributed by atoms with Crippen LogP contribution in [-0.4, -0.2) is 68.5 Å². The summed E-state index contributed by atoms with van der Waals surface area (Å²) in [6, 6.07) is 10.7. The number of ether oxygens (including phenoxy) is 2. The largest absolute Gasteiger partial charge is 0.382 e. The summed E-state index contributed by atoms with van der Waals surface area (Å²) in [5.41, 5.74) is 1.30. The van der Waals surface area contributed by atoms with Gasteiger partial charge in [-0.05, 0) is 37.3 Å². The van der Waals surface area contributed by atoms with Crippen LogP contribution in [0.1, 0.15) is 19.8 Å². The summed E-state index contributed by atoms with van der Waals surface area (Å²) in [6.07, 6.45) is 4.37. The molecule has 1 unspecified atom stereocenters. The lowest BCUT2D eigenvalue weighted by Gasteiger charge is -2.21. The van der Waals surface area contributed by atoms with Crippen molar-refractivity contribution in [1.29, 1.82) is 0 Å². The topological polar surface area (TPSA) is 51.0 Å². The number of rotatable bonds is 10. The highest BCUT2D eigenvalue weighted by Gasteiger charge is 2.24. The molecule has 1 atom stereocenters. The number of nitrogens with one attached hydrogen (secondary N) is 1. The Bertz CT molecular complexity index is 749. The van der Waals surface area contributed by atoms with E-state index in [2.05, 4.69) is 58.2 Å². The molecule has 7 heteroatoms. The van der Waals surface area contributed by atoms with Gasteiger partial charge < -0.3 is 24.3 Å². The zero-order chi connectivity index (χ0) is 19.6. The molecule has 6 nitrogen and oxygen atoms in total. The fourth-order valence-electron chi connectivity index (χ4n) is 3.74. The Kier molecular flexibility index (Phi) is 10.8. The van der Waals surface area contributed by atoms with Gasteiger partial charge in [0.05, 0.1) is 19.8 Å². The van der Waals surface area contributed by atoms with Gasteiger partial charge in [0.15, 0.2) is 5.96 Å². The normalized spacial score (nSPS) is 17.0. The fourth-order valence-corrected chi connectivity index (χ4v) is 3.74. The summed E-state index contributed by atoms with van der Waals surface area (Å²) in [5.74, 6) is 1.62. The highest BCUT2D eigenvalue weighted by atomic mass is 127. The van der Waals surface area contributed by atoms with Crippen LogP contribution in [0.2, 0.25) is 0 Å². The van der Waals surface area contributed by atoms with E-state index in [1.807, 2.05) is 0 Å². The number of halogens is 1. The van der Waals surface area contributed by atoms with Crippen molar-refractivity contribution in [2.45, 2.75) is 26.3 Å². The number of hydrogen-bond donors (Lipinski definition) is 1. The molecule has 0 aliphatic carbocycles. The highest BCUT2D eigenvalue weighted by Crippen LogP contribution is 2.17. The minimum Gasteiger partial charge on any atom is -0.382 e. The first-order valence-electron chi connectivity index (χ1n) is 10.5. The monoisotopic (exact) mass is 514 g/mol. The molecule has 1 aliphatic rings. The lowest BCUT2D eigenvalue weighted by molar-refractivity contribution is 0.0536. The van der Waals surface area contributed by atoms with Crippen LogP contribution in [0, 0.1) is 5.92 Å². The van der Waals surface area contributed by atoms with Crippen molar-refractivity contribution in [3.63, 3.8) is 0 Å². The minimum atomic E-state index is 0. The third-order valence-corrected chi connectivity index (χ3v) is 5.20. The summed E-state index contributed by atoms with van der Waals surface area (Å²) < 4.78 is 13.1. The maximum atomic E-state index is 5.71. The molecule has 1 aromatic carbocycles. The molecule has 0 bridgehead atoms. The van der Waals surface area contributed by atoms with Crippen LogP contribution in [0.15, 0.2) is 41.5 Å². The summed E-state index contributed by atoms with van der Waals surface area (Å²) in [7, 11) is 1.71. The molecular formula is C22H35IN4O2. The zero-order valence-corrected chi connectivity index (χ0v) is 20.0. The average Bonchev–Trinajstić information content (AvgIpc) is 3.35. The number of fused-ring (bicyclic) bond motifs is 1. The molecule has 1 aliphatic heterocycles. The molecule has 1 aromatic heterocycles. The van der Waals surface area contributed by atoms with Crippen LogP contribution in [0.4, 0.5) is 0 Å². The van der Waals surface area contributed by atoms with Crippen LogP contribution in [0.5, 0.6) is 0 Å². The van der Waals surface area contributed by atoms with E-state index in [1.165, 1.54) is 10.9 Å². The number of aliphatic imine (C=N–C) groups is 1. The van der Waals surface area contributed by atoms with Crippen LogP contribution < -0.4 is 5.32 Å². The molecule has 162 valence electrons. The van der Waals surface area contributed by atoms with E-state index < -0.39 is 0 Å². The third-order valence-electron chi connectivity index (χ3n) is 5.20. The van der Waals surface area contributed by atoms with Crippen molar-refractivity contribution in [3.05, 3.63) is 36.5 Å².